The Morgan fingerprint density at radius 2 is 1.96 bits per heavy atom. The summed E-state index contributed by atoms with van der Waals surface area (Å²) in [5.74, 6) is 0.616. The summed E-state index contributed by atoms with van der Waals surface area (Å²) in [7, 11) is 1.94. The van der Waals surface area contributed by atoms with Gasteiger partial charge >= 0.3 is 0 Å². The lowest BCUT2D eigenvalue weighted by molar-refractivity contribution is -0.120. The first-order chi connectivity index (χ1) is 12.6. The predicted octanol–water partition coefficient (Wildman–Crippen LogP) is 4.15. The highest BCUT2D eigenvalue weighted by atomic mass is 32.1. The number of benzene rings is 2. The molecule has 0 aliphatic rings. The van der Waals surface area contributed by atoms with Crippen LogP contribution in [0.2, 0.25) is 0 Å². The molecule has 2 aromatic carbocycles. The molecule has 0 saturated carbocycles. The van der Waals surface area contributed by atoms with Gasteiger partial charge in [-0.1, -0.05) is 24.3 Å². The van der Waals surface area contributed by atoms with Gasteiger partial charge in [-0.15, -0.1) is 11.3 Å². The number of hydrogen-bond donors (Lipinski definition) is 1. The molecule has 0 unspecified atom stereocenters. The normalized spacial score (nSPS) is 12.3. The third kappa shape index (κ3) is 4.20. The van der Waals surface area contributed by atoms with E-state index in [2.05, 4.69) is 16.4 Å². The number of nitrogens with zero attached hydrogens (tertiary/aromatic N) is 2. The van der Waals surface area contributed by atoms with Crippen molar-refractivity contribution in [3.8, 4) is 5.75 Å². The maximum Gasteiger partial charge on any atom is 0.241 e. The monoisotopic (exact) mass is 369 g/mol. The number of thiazole rings is 1. The van der Waals surface area contributed by atoms with Crippen molar-refractivity contribution in [2.75, 3.05) is 19.0 Å². The van der Waals surface area contributed by atoms with Gasteiger partial charge in [0.25, 0.3) is 0 Å². The Bertz CT molecular complexity index is 860. The topological polar surface area (TPSA) is 54.5 Å². The zero-order chi connectivity index (χ0) is 18.5. The van der Waals surface area contributed by atoms with Gasteiger partial charge in [0.1, 0.15) is 10.8 Å². The van der Waals surface area contributed by atoms with Gasteiger partial charge < -0.3 is 10.1 Å². The van der Waals surface area contributed by atoms with Crippen molar-refractivity contribution in [1.82, 2.24) is 9.88 Å². The quantitative estimate of drug-likeness (QED) is 0.680. The van der Waals surface area contributed by atoms with Gasteiger partial charge in [-0.2, -0.15) is 0 Å². The Balaban J connectivity index is 1.66. The molecule has 6 heteroatoms. The fourth-order valence-corrected chi connectivity index (χ4v) is 3.66. The van der Waals surface area contributed by atoms with Crippen LogP contribution in [0.5, 0.6) is 5.75 Å². The van der Waals surface area contributed by atoms with E-state index in [-0.39, 0.29) is 11.9 Å². The second-order valence-electron chi connectivity index (χ2n) is 6.08. The second-order valence-corrected chi connectivity index (χ2v) is 7.20. The molecule has 3 rings (SSSR count). The molecule has 0 spiro atoms. The third-order valence-electron chi connectivity index (χ3n) is 4.21. The first kappa shape index (κ1) is 18.4. The van der Waals surface area contributed by atoms with E-state index in [0.29, 0.717) is 24.6 Å². The summed E-state index contributed by atoms with van der Waals surface area (Å²) in [6.07, 6.45) is 0. The molecule has 0 aliphatic carbocycles. The van der Waals surface area contributed by atoms with E-state index in [9.17, 15) is 4.79 Å². The molecule has 5 nitrogen and oxygen atoms in total. The molecule has 1 aromatic heterocycles. The number of ether oxygens (including phenoxy) is 1. The molecular formula is C20H23N3O2S. The van der Waals surface area contributed by atoms with Crippen molar-refractivity contribution in [2.45, 2.75) is 26.4 Å². The number of fused-ring (bicyclic) bond motifs is 1. The lowest BCUT2D eigenvalue weighted by Crippen LogP contribution is -2.39. The predicted molar refractivity (Wildman–Crippen MR) is 107 cm³/mol. The van der Waals surface area contributed by atoms with E-state index >= 15 is 0 Å². The smallest absolute Gasteiger partial charge is 0.241 e. The summed E-state index contributed by atoms with van der Waals surface area (Å²) in [5, 5.41) is 3.97. The summed E-state index contributed by atoms with van der Waals surface area (Å²) in [5.41, 5.74) is 1.70. The minimum Gasteiger partial charge on any atom is -0.492 e. The average molecular weight is 369 g/mol. The lowest BCUT2D eigenvalue weighted by Gasteiger charge is -2.23. The van der Waals surface area contributed by atoms with Gasteiger partial charge in [0, 0.05) is 0 Å². The molecule has 3 aromatic rings. The van der Waals surface area contributed by atoms with Crippen LogP contribution in [0, 0.1) is 0 Å². The van der Waals surface area contributed by atoms with E-state index < -0.39 is 0 Å². The number of anilines is 1. The van der Waals surface area contributed by atoms with Crippen LogP contribution in [0.4, 0.5) is 5.69 Å². The molecule has 1 heterocycles. The Labute approximate surface area is 157 Å². The number of nitrogens with one attached hydrogen (secondary N) is 1. The molecule has 1 atom stereocenters. The van der Waals surface area contributed by atoms with Crippen LogP contribution in [-0.4, -0.2) is 35.5 Å². The first-order valence-electron chi connectivity index (χ1n) is 8.66. The lowest BCUT2D eigenvalue weighted by atomic mass is 10.2. The van der Waals surface area contributed by atoms with Gasteiger partial charge in [0.05, 0.1) is 35.1 Å². The van der Waals surface area contributed by atoms with Gasteiger partial charge in [0.2, 0.25) is 5.91 Å². The molecule has 0 fully saturated rings. The zero-order valence-corrected chi connectivity index (χ0v) is 16.0. The van der Waals surface area contributed by atoms with Crippen molar-refractivity contribution < 1.29 is 9.53 Å². The van der Waals surface area contributed by atoms with Gasteiger partial charge in [0.15, 0.2) is 0 Å². The van der Waals surface area contributed by atoms with Crippen LogP contribution < -0.4 is 10.1 Å². The Morgan fingerprint density at radius 3 is 2.73 bits per heavy atom. The summed E-state index contributed by atoms with van der Waals surface area (Å²) in [6.45, 7) is 5.00. The maximum absolute atomic E-state index is 12.6. The van der Waals surface area contributed by atoms with E-state index in [1.165, 1.54) is 4.70 Å². The molecule has 0 aliphatic heterocycles. The number of carbonyl (C=O) groups excluding carboxylic acids is 1. The minimum atomic E-state index is -0.295. The highest BCUT2D eigenvalue weighted by molar-refractivity contribution is 7.18. The molecule has 0 saturated heterocycles. The summed E-state index contributed by atoms with van der Waals surface area (Å²) in [6, 6.07) is 15.3. The van der Waals surface area contributed by atoms with Crippen molar-refractivity contribution in [3.05, 3.63) is 53.5 Å². The fourth-order valence-electron chi connectivity index (χ4n) is 2.63. The number of aromatic nitrogens is 1. The van der Waals surface area contributed by atoms with Crippen LogP contribution in [0.1, 0.15) is 18.9 Å². The fraction of sp³-hybridized carbons (Fsp3) is 0.300. The van der Waals surface area contributed by atoms with Gasteiger partial charge in [-0.3, -0.25) is 9.69 Å². The Hall–Kier alpha value is -2.44. The van der Waals surface area contributed by atoms with Crippen LogP contribution in [0.15, 0.2) is 48.5 Å². The molecular weight excluding hydrogens is 346 g/mol. The van der Waals surface area contributed by atoms with Crippen molar-refractivity contribution >= 4 is 33.1 Å². The number of carbonyl (C=O) groups is 1. The number of hydrogen-bond acceptors (Lipinski definition) is 5. The van der Waals surface area contributed by atoms with E-state index in [1.54, 1.807) is 11.3 Å². The number of rotatable bonds is 7. The van der Waals surface area contributed by atoms with Crippen LogP contribution in [0.25, 0.3) is 10.2 Å². The SMILES string of the molecule is CCOc1ccccc1NC(=O)[C@H](C)N(C)Cc1nc2ccccc2s1. The van der Waals surface area contributed by atoms with Crippen molar-refractivity contribution in [3.63, 3.8) is 0 Å². The first-order valence-corrected chi connectivity index (χ1v) is 9.47. The van der Waals surface area contributed by atoms with Gasteiger partial charge in [-0.05, 0) is 45.2 Å². The van der Waals surface area contributed by atoms with Crippen LogP contribution >= 0.6 is 11.3 Å². The molecule has 1 N–H and O–H groups in total. The van der Waals surface area contributed by atoms with Crippen LogP contribution in [-0.2, 0) is 11.3 Å². The molecule has 0 radical (unpaired) electrons. The van der Waals surface area contributed by atoms with Crippen molar-refractivity contribution in [1.29, 1.82) is 0 Å². The zero-order valence-electron chi connectivity index (χ0n) is 15.2. The highest BCUT2D eigenvalue weighted by Crippen LogP contribution is 2.25. The van der Waals surface area contributed by atoms with E-state index in [1.807, 2.05) is 68.3 Å². The third-order valence-corrected chi connectivity index (χ3v) is 5.23. The van der Waals surface area contributed by atoms with Crippen molar-refractivity contribution in [2.24, 2.45) is 0 Å². The number of likely N-dealkylation sites (N-methyl/N-ethyl adjacent to an activating group) is 1. The molecule has 136 valence electrons. The number of para-hydroxylation sites is 3. The number of amides is 1. The average Bonchev–Trinajstić information content (AvgIpc) is 3.05. The Kier molecular flexibility index (Phi) is 5.85. The summed E-state index contributed by atoms with van der Waals surface area (Å²) in [4.78, 5) is 19.3. The van der Waals surface area contributed by atoms with E-state index in [0.717, 1.165) is 10.5 Å². The molecule has 0 bridgehead atoms. The standard InChI is InChI=1S/C20H23N3O2S/c1-4-25-17-11-7-5-9-15(17)22-20(24)14(2)23(3)13-19-21-16-10-6-8-12-18(16)26-19/h5-12,14H,4,13H2,1-3H3,(H,22,24)/t14-/m0/s1. The Morgan fingerprint density at radius 1 is 1.23 bits per heavy atom. The molecule has 26 heavy (non-hydrogen) atoms. The maximum atomic E-state index is 12.6. The summed E-state index contributed by atoms with van der Waals surface area (Å²) < 4.78 is 6.74. The largest absolute Gasteiger partial charge is 0.492 e. The highest BCUT2D eigenvalue weighted by Gasteiger charge is 2.20. The summed E-state index contributed by atoms with van der Waals surface area (Å²) >= 11 is 1.66. The van der Waals surface area contributed by atoms with Gasteiger partial charge in [-0.25, -0.2) is 4.98 Å². The van der Waals surface area contributed by atoms with E-state index in [4.69, 9.17) is 4.74 Å². The minimum absolute atomic E-state index is 0.0687. The second kappa shape index (κ2) is 8.29. The molecule has 1 amide bonds. The van der Waals surface area contributed by atoms with Crippen LogP contribution in [0.3, 0.4) is 0 Å².